The number of hydrazine groups is 1. The molecule has 5 nitrogen and oxygen atoms in total. The van der Waals surface area contributed by atoms with E-state index in [1.54, 1.807) is 6.20 Å². The van der Waals surface area contributed by atoms with E-state index in [2.05, 4.69) is 22.3 Å². The summed E-state index contributed by atoms with van der Waals surface area (Å²) >= 11 is 0. The van der Waals surface area contributed by atoms with Gasteiger partial charge in [-0.3, -0.25) is 5.43 Å². The van der Waals surface area contributed by atoms with Gasteiger partial charge < -0.3 is 4.90 Å². The highest BCUT2D eigenvalue weighted by molar-refractivity contribution is 5.47. The third kappa shape index (κ3) is 2.06. The zero-order valence-electron chi connectivity index (χ0n) is 8.20. The Bertz CT molecular complexity index is 286. The summed E-state index contributed by atoms with van der Waals surface area (Å²) in [4.78, 5) is 10.3. The van der Waals surface area contributed by atoms with E-state index in [9.17, 15) is 0 Å². The average Bonchev–Trinajstić information content (AvgIpc) is 2.17. The van der Waals surface area contributed by atoms with Crippen LogP contribution < -0.4 is 16.2 Å². The minimum atomic E-state index is 0.445. The summed E-state index contributed by atoms with van der Waals surface area (Å²) in [5, 5.41) is 0. The molecular weight excluding hydrogens is 166 g/mol. The highest BCUT2D eigenvalue weighted by Gasteiger charge is 2.05. The van der Waals surface area contributed by atoms with Crippen molar-refractivity contribution in [2.75, 3.05) is 23.9 Å². The van der Waals surface area contributed by atoms with Crippen molar-refractivity contribution in [2.45, 2.75) is 13.8 Å². The van der Waals surface area contributed by atoms with Crippen LogP contribution >= 0.6 is 0 Å². The summed E-state index contributed by atoms with van der Waals surface area (Å²) in [6, 6.07) is 0. The lowest BCUT2D eigenvalue weighted by atomic mass is 10.3. The quantitative estimate of drug-likeness (QED) is 0.526. The maximum absolute atomic E-state index is 5.22. The molecule has 3 N–H and O–H groups in total. The first-order chi connectivity index (χ1) is 6.19. The lowest BCUT2D eigenvalue weighted by Gasteiger charge is -2.17. The molecule has 0 spiro atoms. The summed E-state index contributed by atoms with van der Waals surface area (Å²) in [5.41, 5.74) is 3.47. The minimum Gasteiger partial charge on any atom is -0.360 e. The van der Waals surface area contributed by atoms with Crippen LogP contribution in [0.4, 0.5) is 11.8 Å². The minimum absolute atomic E-state index is 0.445. The lowest BCUT2D eigenvalue weighted by Crippen LogP contribution is -2.20. The van der Waals surface area contributed by atoms with Gasteiger partial charge in [0.25, 0.3) is 0 Å². The van der Waals surface area contributed by atoms with Crippen molar-refractivity contribution >= 4 is 11.8 Å². The predicted molar refractivity (Wildman–Crippen MR) is 53.5 cm³/mol. The molecule has 0 aromatic carbocycles. The van der Waals surface area contributed by atoms with Gasteiger partial charge in [0.1, 0.15) is 5.82 Å². The number of aryl methyl sites for hydroxylation is 1. The first-order valence-electron chi connectivity index (χ1n) is 4.20. The number of nitrogens with two attached hydrogens (primary N) is 1. The van der Waals surface area contributed by atoms with E-state index in [1.807, 2.05) is 18.9 Å². The van der Waals surface area contributed by atoms with Crippen LogP contribution in [-0.2, 0) is 0 Å². The molecule has 0 aliphatic rings. The van der Waals surface area contributed by atoms with E-state index in [4.69, 9.17) is 5.84 Å². The van der Waals surface area contributed by atoms with Crippen molar-refractivity contribution in [1.29, 1.82) is 0 Å². The molecule has 13 heavy (non-hydrogen) atoms. The fourth-order valence-corrected chi connectivity index (χ4v) is 1.04. The van der Waals surface area contributed by atoms with Crippen LogP contribution in [0.15, 0.2) is 6.20 Å². The Morgan fingerprint density at radius 1 is 1.62 bits per heavy atom. The summed E-state index contributed by atoms with van der Waals surface area (Å²) in [5.74, 6) is 6.57. The standard InChI is InChI=1S/C8H15N5/c1-4-13(3)7-6(2)5-10-8(11-7)12-9/h5H,4,9H2,1-3H3,(H,10,11,12). The third-order valence-electron chi connectivity index (χ3n) is 1.91. The Hall–Kier alpha value is -1.36. The normalized spacial score (nSPS) is 9.85. The molecule has 0 bridgehead atoms. The molecule has 1 rings (SSSR count). The van der Waals surface area contributed by atoms with Gasteiger partial charge in [0.15, 0.2) is 0 Å². The zero-order valence-corrected chi connectivity index (χ0v) is 8.20. The van der Waals surface area contributed by atoms with Crippen molar-refractivity contribution < 1.29 is 0 Å². The van der Waals surface area contributed by atoms with Crippen LogP contribution in [-0.4, -0.2) is 23.6 Å². The summed E-state index contributed by atoms with van der Waals surface area (Å²) < 4.78 is 0. The Labute approximate surface area is 78.0 Å². The van der Waals surface area contributed by atoms with Crippen LogP contribution in [0.3, 0.4) is 0 Å². The number of hydrogen-bond acceptors (Lipinski definition) is 5. The van der Waals surface area contributed by atoms with E-state index in [-0.39, 0.29) is 0 Å². The molecule has 0 aliphatic heterocycles. The van der Waals surface area contributed by atoms with Crippen LogP contribution in [0.2, 0.25) is 0 Å². The van der Waals surface area contributed by atoms with Gasteiger partial charge in [-0.1, -0.05) is 0 Å². The average molecular weight is 181 g/mol. The van der Waals surface area contributed by atoms with E-state index >= 15 is 0 Å². The summed E-state index contributed by atoms with van der Waals surface area (Å²) in [6.45, 7) is 4.95. The molecule has 0 radical (unpaired) electrons. The van der Waals surface area contributed by atoms with Crippen molar-refractivity contribution in [1.82, 2.24) is 9.97 Å². The number of nitrogens with one attached hydrogen (secondary N) is 1. The van der Waals surface area contributed by atoms with E-state index < -0.39 is 0 Å². The molecule has 0 amide bonds. The molecule has 0 unspecified atom stereocenters. The molecule has 0 aliphatic carbocycles. The molecule has 0 fully saturated rings. The molecule has 0 saturated heterocycles. The Morgan fingerprint density at radius 3 is 2.85 bits per heavy atom. The van der Waals surface area contributed by atoms with Crippen molar-refractivity contribution in [3.63, 3.8) is 0 Å². The number of hydrogen-bond donors (Lipinski definition) is 2. The van der Waals surface area contributed by atoms with E-state index in [0.29, 0.717) is 5.95 Å². The maximum Gasteiger partial charge on any atom is 0.239 e. The third-order valence-corrected chi connectivity index (χ3v) is 1.91. The molecule has 0 atom stereocenters. The largest absolute Gasteiger partial charge is 0.360 e. The van der Waals surface area contributed by atoms with Gasteiger partial charge in [-0.25, -0.2) is 10.8 Å². The van der Waals surface area contributed by atoms with Gasteiger partial charge in [0, 0.05) is 25.4 Å². The number of nitrogen functional groups attached to an aromatic ring is 1. The molecule has 1 aromatic rings. The fraction of sp³-hybridized carbons (Fsp3) is 0.500. The number of aromatic nitrogens is 2. The molecule has 1 aromatic heterocycles. The van der Waals surface area contributed by atoms with Gasteiger partial charge in [-0.15, -0.1) is 0 Å². The molecule has 1 heterocycles. The summed E-state index contributed by atoms with van der Waals surface area (Å²) in [7, 11) is 1.98. The first kappa shape index (κ1) is 9.73. The molecule has 5 heteroatoms. The monoisotopic (exact) mass is 181 g/mol. The highest BCUT2D eigenvalue weighted by Crippen LogP contribution is 2.15. The predicted octanol–water partition coefficient (Wildman–Crippen LogP) is 0.527. The second-order valence-corrected chi connectivity index (χ2v) is 2.86. The number of rotatable bonds is 3. The van der Waals surface area contributed by atoms with Gasteiger partial charge in [0.05, 0.1) is 0 Å². The molecule has 0 saturated carbocycles. The summed E-state index contributed by atoms with van der Waals surface area (Å²) in [6.07, 6.45) is 1.75. The van der Waals surface area contributed by atoms with Crippen LogP contribution in [0.1, 0.15) is 12.5 Å². The van der Waals surface area contributed by atoms with Crippen LogP contribution in [0.25, 0.3) is 0 Å². The zero-order chi connectivity index (χ0) is 9.84. The van der Waals surface area contributed by atoms with Gasteiger partial charge >= 0.3 is 0 Å². The lowest BCUT2D eigenvalue weighted by molar-refractivity contribution is 0.917. The van der Waals surface area contributed by atoms with Crippen molar-refractivity contribution in [3.05, 3.63) is 11.8 Å². The molecule has 72 valence electrons. The Balaban J connectivity index is 3.03. The molecular formula is C8H15N5. The SMILES string of the molecule is CCN(C)c1nc(NN)ncc1C. The van der Waals surface area contributed by atoms with Gasteiger partial charge in [-0.05, 0) is 13.8 Å². The van der Waals surface area contributed by atoms with Gasteiger partial charge in [-0.2, -0.15) is 4.98 Å². The topological polar surface area (TPSA) is 67.1 Å². The number of nitrogens with zero attached hydrogens (tertiary/aromatic N) is 3. The smallest absolute Gasteiger partial charge is 0.239 e. The van der Waals surface area contributed by atoms with Crippen molar-refractivity contribution in [2.24, 2.45) is 5.84 Å². The second-order valence-electron chi connectivity index (χ2n) is 2.86. The fourth-order valence-electron chi connectivity index (χ4n) is 1.04. The Kier molecular flexibility index (Phi) is 3.02. The van der Waals surface area contributed by atoms with Gasteiger partial charge in [0.2, 0.25) is 5.95 Å². The van der Waals surface area contributed by atoms with Crippen LogP contribution in [0.5, 0.6) is 0 Å². The Morgan fingerprint density at radius 2 is 2.31 bits per heavy atom. The van der Waals surface area contributed by atoms with E-state index in [1.165, 1.54) is 0 Å². The number of anilines is 2. The van der Waals surface area contributed by atoms with Crippen LogP contribution in [0, 0.1) is 6.92 Å². The maximum atomic E-state index is 5.22. The van der Waals surface area contributed by atoms with Crippen molar-refractivity contribution in [3.8, 4) is 0 Å². The van der Waals surface area contributed by atoms with E-state index in [0.717, 1.165) is 17.9 Å². The highest BCUT2D eigenvalue weighted by atomic mass is 15.3. The first-order valence-corrected chi connectivity index (χ1v) is 4.20. The second kappa shape index (κ2) is 4.04.